The lowest BCUT2D eigenvalue weighted by Crippen LogP contribution is -2.47. The van der Waals surface area contributed by atoms with Gasteiger partial charge in [-0.15, -0.1) is 0 Å². The van der Waals surface area contributed by atoms with Gasteiger partial charge in [-0.3, -0.25) is 4.79 Å². The number of carbonyl (C=O) groups excluding carboxylic acids is 1. The third-order valence-electron chi connectivity index (χ3n) is 5.83. The van der Waals surface area contributed by atoms with Crippen LogP contribution in [-0.4, -0.2) is 32.3 Å². The van der Waals surface area contributed by atoms with Crippen molar-refractivity contribution in [1.29, 1.82) is 0 Å². The summed E-state index contributed by atoms with van der Waals surface area (Å²) in [4.78, 5) is 15.2. The molecule has 0 aromatic heterocycles. The quantitative estimate of drug-likeness (QED) is 0.591. The number of nitrogens with zero attached hydrogens (tertiary/aromatic N) is 1. The fourth-order valence-corrected chi connectivity index (χ4v) is 4.18. The minimum atomic E-state index is -1.27. The standard InChI is InChI=1S/C25H31NO4/c1-3-4-10-20-12-13-22-21(18-20)25(29-16-8-17-30-25)24(27)26(22)14-7-15-28-23-11-6-5-9-19(23)2/h5-6,9,11-13,18H,3-4,7-8,10,14-17H2,1-2H3. The Bertz CT molecular complexity index is 888. The fraction of sp³-hybridized carbons (Fsp3) is 0.480. The van der Waals surface area contributed by atoms with Gasteiger partial charge in [0.1, 0.15) is 5.75 Å². The summed E-state index contributed by atoms with van der Waals surface area (Å²) in [5.41, 5.74) is 4.10. The van der Waals surface area contributed by atoms with Crippen LogP contribution in [0.4, 0.5) is 5.69 Å². The number of anilines is 1. The maximum absolute atomic E-state index is 13.4. The van der Waals surface area contributed by atoms with Crippen LogP contribution in [0.1, 0.15) is 49.3 Å². The van der Waals surface area contributed by atoms with E-state index >= 15 is 0 Å². The van der Waals surface area contributed by atoms with Crippen molar-refractivity contribution in [2.45, 2.75) is 51.7 Å². The highest BCUT2D eigenvalue weighted by atomic mass is 16.7. The van der Waals surface area contributed by atoms with E-state index in [9.17, 15) is 4.79 Å². The highest BCUT2D eigenvalue weighted by Crippen LogP contribution is 2.45. The minimum Gasteiger partial charge on any atom is -0.493 e. The smallest absolute Gasteiger partial charge is 0.292 e. The Labute approximate surface area is 178 Å². The van der Waals surface area contributed by atoms with Crippen LogP contribution in [0.5, 0.6) is 5.75 Å². The van der Waals surface area contributed by atoms with E-state index in [-0.39, 0.29) is 5.91 Å². The number of carbonyl (C=O) groups is 1. The molecule has 0 unspecified atom stereocenters. The Morgan fingerprint density at radius 3 is 2.67 bits per heavy atom. The minimum absolute atomic E-state index is 0.110. The summed E-state index contributed by atoms with van der Waals surface area (Å²) in [6.07, 6.45) is 4.80. The van der Waals surface area contributed by atoms with Crippen molar-refractivity contribution in [3.63, 3.8) is 0 Å². The molecule has 0 radical (unpaired) electrons. The van der Waals surface area contributed by atoms with Gasteiger partial charge < -0.3 is 19.1 Å². The lowest BCUT2D eigenvalue weighted by molar-refractivity contribution is -0.256. The van der Waals surface area contributed by atoms with E-state index in [4.69, 9.17) is 14.2 Å². The normalized spacial score (nSPS) is 17.4. The summed E-state index contributed by atoms with van der Waals surface area (Å²) in [6, 6.07) is 14.3. The molecule has 1 amide bonds. The van der Waals surface area contributed by atoms with Crippen molar-refractivity contribution < 1.29 is 19.0 Å². The summed E-state index contributed by atoms with van der Waals surface area (Å²) in [5, 5.41) is 0. The predicted molar refractivity (Wildman–Crippen MR) is 117 cm³/mol. The van der Waals surface area contributed by atoms with Gasteiger partial charge in [0.2, 0.25) is 0 Å². The number of benzene rings is 2. The molecule has 5 heteroatoms. The van der Waals surface area contributed by atoms with Crippen molar-refractivity contribution in [2.24, 2.45) is 0 Å². The Morgan fingerprint density at radius 2 is 1.90 bits per heavy atom. The zero-order valence-corrected chi connectivity index (χ0v) is 18.0. The molecule has 0 aliphatic carbocycles. The first-order chi connectivity index (χ1) is 14.7. The molecule has 0 saturated carbocycles. The molecule has 2 aromatic rings. The number of ether oxygens (including phenoxy) is 3. The lowest BCUT2D eigenvalue weighted by Gasteiger charge is -2.32. The highest BCUT2D eigenvalue weighted by molar-refractivity contribution is 6.06. The first-order valence-corrected chi connectivity index (χ1v) is 11.1. The van der Waals surface area contributed by atoms with Gasteiger partial charge in [-0.1, -0.05) is 37.6 Å². The molecule has 30 heavy (non-hydrogen) atoms. The highest BCUT2D eigenvalue weighted by Gasteiger charge is 2.54. The molecule has 2 aliphatic rings. The van der Waals surface area contributed by atoms with Crippen LogP contribution in [0.15, 0.2) is 42.5 Å². The molecule has 5 nitrogen and oxygen atoms in total. The molecule has 0 bridgehead atoms. The fourth-order valence-electron chi connectivity index (χ4n) is 4.18. The van der Waals surface area contributed by atoms with Crippen LogP contribution in [0, 0.1) is 6.92 Å². The molecule has 0 N–H and O–H groups in total. The van der Waals surface area contributed by atoms with Gasteiger partial charge in [0.05, 0.1) is 25.5 Å². The number of aryl methyl sites for hydroxylation is 2. The van der Waals surface area contributed by atoms with Crippen molar-refractivity contribution in [3.8, 4) is 5.75 Å². The van der Waals surface area contributed by atoms with Crippen LogP contribution in [0.25, 0.3) is 0 Å². The first-order valence-electron chi connectivity index (χ1n) is 11.1. The number of amides is 1. The summed E-state index contributed by atoms with van der Waals surface area (Å²) in [5.74, 6) is -0.491. The topological polar surface area (TPSA) is 48.0 Å². The van der Waals surface area contributed by atoms with E-state index in [0.717, 1.165) is 54.7 Å². The summed E-state index contributed by atoms with van der Waals surface area (Å²) in [7, 11) is 0. The van der Waals surface area contributed by atoms with Gasteiger partial charge in [0.15, 0.2) is 0 Å². The van der Waals surface area contributed by atoms with Crippen molar-refractivity contribution >= 4 is 11.6 Å². The number of hydrogen-bond donors (Lipinski definition) is 0. The largest absolute Gasteiger partial charge is 0.493 e. The van der Waals surface area contributed by atoms with Crippen molar-refractivity contribution in [1.82, 2.24) is 0 Å². The maximum Gasteiger partial charge on any atom is 0.292 e. The van der Waals surface area contributed by atoms with Crippen LogP contribution < -0.4 is 9.64 Å². The van der Waals surface area contributed by atoms with Crippen molar-refractivity contribution in [2.75, 3.05) is 31.3 Å². The number of para-hydroxylation sites is 1. The second-order valence-corrected chi connectivity index (χ2v) is 8.05. The summed E-state index contributed by atoms with van der Waals surface area (Å²) < 4.78 is 17.9. The van der Waals surface area contributed by atoms with E-state index in [2.05, 4.69) is 25.1 Å². The van der Waals surface area contributed by atoms with Gasteiger partial charge in [-0.25, -0.2) is 0 Å². The molecule has 2 heterocycles. The van der Waals surface area contributed by atoms with Crippen LogP contribution >= 0.6 is 0 Å². The molecule has 1 saturated heterocycles. The lowest BCUT2D eigenvalue weighted by atomic mass is 10.00. The molecular weight excluding hydrogens is 378 g/mol. The van der Waals surface area contributed by atoms with E-state index in [1.165, 1.54) is 5.56 Å². The maximum atomic E-state index is 13.4. The van der Waals surface area contributed by atoms with E-state index < -0.39 is 5.79 Å². The Hall–Kier alpha value is -2.37. The number of rotatable bonds is 8. The first kappa shape index (κ1) is 20.9. The van der Waals surface area contributed by atoms with Crippen molar-refractivity contribution in [3.05, 3.63) is 59.2 Å². The Balaban J connectivity index is 1.50. The van der Waals surface area contributed by atoms with Gasteiger partial charge in [-0.05, 0) is 61.9 Å². The second-order valence-electron chi connectivity index (χ2n) is 8.05. The van der Waals surface area contributed by atoms with Crippen LogP contribution in [0.2, 0.25) is 0 Å². The van der Waals surface area contributed by atoms with E-state index in [0.29, 0.717) is 26.4 Å². The van der Waals surface area contributed by atoms with Crippen LogP contribution in [0.3, 0.4) is 0 Å². The zero-order valence-electron chi connectivity index (χ0n) is 18.0. The third kappa shape index (κ3) is 3.96. The number of hydrogen-bond acceptors (Lipinski definition) is 4. The van der Waals surface area contributed by atoms with Crippen LogP contribution in [-0.2, 0) is 26.5 Å². The molecule has 1 spiro atoms. The van der Waals surface area contributed by atoms with Gasteiger partial charge in [0.25, 0.3) is 11.7 Å². The predicted octanol–water partition coefficient (Wildman–Crippen LogP) is 4.74. The number of fused-ring (bicyclic) bond motifs is 2. The molecular formula is C25H31NO4. The molecule has 0 atom stereocenters. The summed E-state index contributed by atoms with van der Waals surface area (Å²) >= 11 is 0. The molecule has 2 aliphatic heterocycles. The number of unbranched alkanes of at least 4 members (excludes halogenated alkanes) is 1. The SMILES string of the molecule is CCCCc1ccc2c(c1)C1(OCCCO1)C(=O)N2CCCOc1ccccc1C. The Morgan fingerprint density at radius 1 is 1.10 bits per heavy atom. The molecule has 2 aromatic carbocycles. The zero-order chi connectivity index (χ0) is 21.0. The average molecular weight is 410 g/mol. The monoisotopic (exact) mass is 409 g/mol. The van der Waals surface area contributed by atoms with Gasteiger partial charge in [-0.2, -0.15) is 0 Å². The van der Waals surface area contributed by atoms with E-state index in [1.807, 2.05) is 36.1 Å². The summed E-state index contributed by atoms with van der Waals surface area (Å²) in [6.45, 7) is 6.41. The van der Waals surface area contributed by atoms with Gasteiger partial charge in [0, 0.05) is 12.1 Å². The Kier molecular flexibility index (Phi) is 6.40. The molecule has 1 fully saturated rings. The molecule has 160 valence electrons. The van der Waals surface area contributed by atoms with Gasteiger partial charge >= 0.3 is 0 Å². The second kappa shape index (κ2) is 9.19. The van der Waals surface area contributed by atoms with E-state index in [1.54, 1.807) is 0 Å². The molecule has 4 rings (SSSR count). The third-order valence-corrected chi connectivity index (χ3v) is 5.83. The average Bonchev–Trinajstić information content (AvgIpc) is 2.99.